The van der Waals surface area contributed by atoms with Gasteiger partial charge in [-0.05, 0) is 6.07 Å². The fraction of sp³-hybridized carbons (Fsp3) is 0. The molecule has 3 nitrogen and oxygen atoms in total. The average molecular weight is 256 g/mol. The number of allylic oxidation sites excluding steroid dienone is 1. The standard InChI is InChI=1S/C10H4Cl2FN3/c11-7-1-8(12)10(2-9(7)13)16-5-6(3-14)4-15/h1-2,5,16H. The first-order valence-electron chi connectivity index (χ1n) is 4.00. The van der Waals surface area contributed by atoms with Crippen LogP contribution in [0, 0.1) is 28.5 Å². The van der Waals surface area contributed by atoms with E-state index in [4.69, 9.17) is 33.7 Å². The Morgan fingerprint density at radius 2 is 1.88 bits per heavy atom. The van der Waals surface area contributed by atoms with Gasteiger partial charge in [-0.1, -0.05) is 23.2 Å². The first kappa shape index (κ1) is 12.3. The van der Waals surface area contributed by atoms with E-state index in [9.17, 15) is 4.39 Å². The van der Waals surface area contributed by atoms with Crippen LogP contribution in [0.4, 0.5) is 10.1 Å². The third kappa shape index (κ3) is 2.87. The highest BCUT2D eigenvalue weighted by molar-refractivity contribution is 6.36. The third-order valence-corrected chi connectivity index (χ3v) is 2.23. The first-order valence-corrected chi connectivity index (χ1v) is 4.75. The van der Waals surface area contributed by atoms with Gasteiger partial charge in [-0.15, -0.1) is 0 Å². The minimum atomic E-state index is -0.641. The Balaban J connectivity index is 3.01. The number of hydrogen-bond acceptors (Lipinski definition) is 3. The fourth-order valence-corrected chi connectivity index (χ4v) is 1.31. The predicted molar refractivity (Wildman–Crippen MR) is 59.4 cm³/mol. The van der Waals surface area contributed by atoms with Crippen molar-refractivity contribution in [3.8, 4) is 12.1 Å². The van der Waals surface area contributed by atoms with Gasteiger partial charge in [0.25, 0.3) is 0 Å². The summed E-state index contributed by atoms with van der Waals surface area (Å²) in [6.07, 6.45) is 1.13. The quantitative estimate of drug-likeness (QED) is 0.650. The van der Waals surface area contributed by atoms with Crippen molar-refractivity contribution < 1.29 is 4.39 Å². The minimum Gasteiger partial charge on any atom is -0.359 e. The summed E-state index contributed by atoms with van der Waals surface area (Å²) < 4.78 is 13.1. The molecule has 0 saturated carbocycles. The van der Waals surface area contributed by atoms with Crippen LogP contribution in [0.15, 0.2) is 23.9 Å². The van der Waals surface area contributed by atoms with Crippen molar-refractivity contribution in [3.05, 3.63) is 39.8 Å². The minimum absolute atomic E-state index is 0.0969. The maximum absolute atomic E-state index is 13.1. The van der Waals surface area contributed by atoms with Crippen LogP contribution in [0.3, 0.4) is 0 Å². The predicted octanol–water partition coefficient (Wildman–Crippen LogP) is 3.48. The van der Waals surface area contributed by atoms with Gasteiger partial charge in [-0.3, -0.25) is 0 Å². The number of rotatable bonds is 2. The van der Waals surface area contributed by atoms with Gasteiger partial charge in [0, 0.05) is 12.3 Å². The molecular formula is C10H4Cl2FN3. The molecule has 0 aliphatic heterocycles. The third-order valence-electron chi connectivity index (χ3n) is 1.62. The van der Waals surface area contributed by atoms with Crippen LogP contribution in [-0.2, 0) is 0 Å². The molecule has 0 bridgehead atoms. The van der Waals surface area contributed by atoms with E-state index in [-0.39, 0.29) is 21.3 Å². The Morgan fingerprint density at radius 1 is 1.25 bits per heavy atom. The lowest BCUT2D eigenvalue weighted by molar-refractivity contribution is 0.629. The molecular weight excluding hydrogens is 252 g/mol. The smallest absolute Gasteiger partial charge is 0.145 e. The zero-order valence-electron chi connectivity index (χ0n) is 7.76. The number of nitrogens with one attached hydrogen (secondary N) is 1. The molecule has 0 saturated heterocycles. The van der Waals surface area contributed by atoms with Crippen LogP contribution in [0.25, 0.3) is 0 Å². The molecule has 1 N–H and O–H groups in total. The Kier molecular flexibility index (Phi) is 4.13. The Labute approximate surface area is 101 Å². The molecule has 0 unspecified atom stereocenters. The van der Waals surface area contributed by atoms with Crippen LogP contribution in [0.1, 0.15) is 0 Å². The monoisotopic (exact) mass is 255 g/mol. The second kappa shape index (κ2) is 5.37. The maximum atomic E-state index is 13.1. The summed E-state index contributed by atoms with van der Waals surface area (Å²) in [6.45, 7) is 0. The van der Waals surface area contributed by atoms with Gasteiger partial charge in [-0.2, -0.15) is 10.5 Å². The van der Waals surface area contributed by atoms with Gasteiger partial charge in [0.1, 0.15) is 23.5 Å². The van der Waals surface area contributed by atoms with Gasteiger partial charge >= 0.3 is 0 Å². The van der Waals surface area contributed by atoms with Crippen molar-refractivity contribution in [1.29, 1.82) is 10.5 Å². The summed E-state index contributed by atoms with van der Waals surface area (Å²) in [5.41, 5.74) is 0.0815. The van der Waals surface area contributed by atoms with E-state index in [1.807, 2.05) is 0 Å². The molecule has 0 fully saturated rings. The molecule has 1 aromatic carbocycles. The van der Waals surface area contributed by atoms with Crippen molar-refractivity contribution in [1.82, 2.24) is 0 Å². The lowest BCUT2D eigenvalue weighted by Gasteiger charge is -2.04. The fourth-order valence-electron chi connectivity index (χ4n) is 0.873. The highest BCUT2D eigenvalue weighted by atomic mass is 35.5. The molecule has 0 atom stereocenters. The SMILES string of the molecule is N#CC(C#N)=CNc1cc(F)c(Cl)cc1Cl. The summed E-state index contributed by atoms with van der Waals surface area (Å²) in [4.78, 5) is 0. The Hall–Kier alpha value is -1.75. The molecule has 1 aromatic rings. The van der Waals surface area contributed by atoms with Crippen molar-refractivity contribution >= 4 is 28.9 Å². The van der Waals surface area contributed by atoms with Crippen LogP contribution >= 0.6 is 23.2 Å². The maximum Gasteiger partial charge on any atom is 0.145 e. The lowest BCUT2D eigenvalue weighted by Crippen LogP contribution is -1.92. The summed E-state index contributed by atoms with van der Waals surface area (Å²) in [5.74, 6) is -0.641. The summed E-state index contributed by atoms with van der Waals surface area (Å²) in [5, 5.41) is 19.6. The number of halogens is 3. The normalized spacial score (nSPS) is 8.81. The van der Waals surface area contributed by atoms with E-state index < -0.39 is 5.82 Å². The van der Waals surface area contributed by atoms with Crippen LogP contribution < -0.4 is 5.32 Å². The van der Waals surface area contributed by atoms with E-state index in [1.54, 1.807) is 12.1 Å². The largest absolute Gasteiger partial charge is 0.359 e. The lowest BCUT2D eigenvalue weighted by atomic mass is 10.3. The first-order chi connectivity index (χ1) is 7.58. The number of benzene rings is 1. The van der Waals surface area contributed by atoms with Gasteiger partial charge in [-0.25, -0.2) is 4.39 Å². The van der Waals surface area contributed by atoms with E-state index in [1.165, 1.54) is 6.07 Å². The zero-order valence-corrected chi connectivity index (χ0v) is 9.27. The van der Waals surface area contributed by atoms with Crippen molar-refractivity contribution in [2.45, 2.75) is 0 Å². The molecule has 0 aliphatic rings. The van der Waals surface area contributed by atoms with E-state index in [0.717, 1.165) is 12.3 Å². The number of anilines is 1. The number of hydrogen-bond donors (Lipinski definition) is 1. The van der Waals surface area contributed by atoms with E-state index in [0.29, 0.717) is 0 Å². The highest BCUT2D eigenvalue weighted by Gasteiger charge is 2.06. The summed E-state index contributed by atoms with van der Waals surface area (Å²) in [7, 11) is 0. The van der Waals surface area contributed by atoms with Crippen LogP contribution in [0.2, 0.25) is 10.0 Å². The zero-order chi connectivity index (χ0) is 12.1. The molecule has 0 aliphatic carbocycles. The Bertz CT molecular complexity index is 510. The van der Waals surface area contributed by atoms with E-state index >= 15 is 0 Å². The molecule has 80 valence electrons. The van der Waals surface area contributed by atoms with Gasteiger partial charge < -0.3 is 5.32 Å². The van der Waals surface area contributed by atoms with Crippen LogP contribution in [0.5, 0.6) is 0 Å². The topological polar surface area (TPSA) is 59.6 Å². The van der Waals surface area contributed by atoms with Gasteiger partial charge in [0.05, 0.1) is 15.7 Å². The Morgan fingerprint density at radius 3 is 2.44 bits per heavy atom. The average Bonchev–Trinajstić information content (AvgIpc) is 2.26. The van der Waals surface area contributed by atoms with Gasteiger partial charge in [0.2, 0.25) is 0 Å². The molecule has 6 heteroatoms. The van der Waals surface area contributed by atoms with E-state index in [2.05, 4.69) is 5.32 Å². The molecule has 0 amide bonds. The molecule has 16 heavy (non-hydrogen) atoms. The molecule has 1 rings (SSSR count). The molecule has 0 radical (unpaired) electrons. The van der Waals surface area contributed by atoms with Gasteiger partial charge in [0.15, 0.2) is 0 Å². The summed E-state index contributed by atoms with van der Waals surface area (Å²) in [6, 6.07) is 5.59. The molecule has 0 spiro atoms. The van der Waals surface area contributed by atoms with Crippen molar-refractivity contribution in [2.75, 3.05) is 5.32 Å². The second-order valence-electron chi connectivity index (χ2n) is 2.67. The number of nitriles is 2. The van der Waals surface area contributed by atoms with Crippen molar-refractivity contribution in [2.24, 2.45) is 0 Å². The molecule has 0 heterocycles. The highest BCUT2D eigenvalue weighted by Crippen LogP contribution is 2.28. The number of nitrogens with zero attached hydrogens (tertiary/aromatic N) is 2. The second-order valence-corrected chi connectivity index (χ2v) is 3.49. The summed E-state index contributed by atoms with van der Waals surface area (Å²) >= 11 is 11.3. The van der Waals surface area contributed by atoms with Crippen molar-refractivity contribution in [3.63, 3.8) is 0 Å². The van der Waals surface area contributed by atoms with Crippen LogP contribution in [-0.4, -0.2) is 0 Å². The molecule has 0 aromatic heterocycles.